The first-order chi connectivity index (χ1) is 17.8. The number of carbonyl (C=O) groups is 2. The lowest BCUT2D eigenvalue weighted by atomic mass is 10.0. The zero-order valence-electron chi connectivity index (χ0n) is 21.1. The number of anilines is 1. The van der Waals surface area contributed by atoms with Crippen LogP contribution >= 0.6 is 0 Å². The van der Waals surface area contributed by atoms with E-state index in [2.05, 4.69) is 4.98 Å². The Labute approximate surface area is 216 Å². The zero-order valence-corrected chi connectivity index (χ0v) is 21.1. The molecule has 3 N–H and O–H groups in total. The van der Waals surface area contributed by atoms with Crippen molar-refractivity contribution in [2.75, 3.05) is 31.1 Å². The maximum Gasteiger partial charge on any atom is 0.313 e. The summed E-state index contributed by atoms with van der Waals surface area (Å²) in [6, 6.07) is 8.73. The third kappa shape index (κ3) is 7.03. The number of halogens is 1. The van der Waals surface area contributed by atoms with Gasteiger partial charge in [-0.05, 0) is 50.8 Å². The number of piperidine rings is 2. The minimum absolute atomic E-state index is 0.0112. The van der Waals surface area contributed by atoms with Crippen molar-refractivity contribution in [1.29, 1.82) is 5.41 Å². The largest absolute Gasteiger partial charge is 0.460 e. The summed E-state index contributed by atoms with van der Waals surface area (Å²) < 4.78 is 26.5. The van der Waals surface area contributed by atoms with Crippen LogP contribution in [0.3, 0.4) is 0 Å². The monoisotopic (exact) mass is 511 g/mol. The molecule has 0 unspecified atom stereocenters. The van der Waals surface area contributed by atoms with Gasteiger partial charge in [0.2, 0.25) is 0 Å². The molecular formula is C27H34FN5O4. The van der Waals surface area contributed by atoms with Gasteiger partial charge in [-0.1, -0.05) is 12.1 Å². The Morgan fingerprint density at radius 1 is 1.08 bits per heavy atom. The fourth-order valence-corrected chi connectivity index (χ4v) is 4.76. The molecule has 0 atom stereocenters. The number of amides is 1. The Kier molecular flexibility index (Phi) is 8.70. The number of carbonyl (C=O) groups excluding carboxylic acids is 2. The van der Waals surface area contributed by atoms with E-state index in [4.69, 9.17) is 20.6 Å². The van der Waals surface area contributed by atoms with Crippen molar-refractivity contribution in [3.8, 4) is 0 Å². The minimum Gasteiger partial charge on any atom is -0.460 e. The first-order valence-electron chi connectivity index (χ1n) is 12.7. The molecule has 37 heavy (non-hydrogen) atoms. The Hall–Kier alpha value is -3.53. The van der Waals surface area contributed by atoms with Gasteiger partial charge in [-0.15, -0.1) is 0 Å². The van der Waals surface area contributed by atoms with Crippen LogP contribution < -0.4 is 10.6 Å². The van der Waals surface area contributed by atoms with E-state index in [-0.39, 0.29) is 42.5 Å². The molecule has 0 spiro atoms. The Bertz CT molecular complexity index is 1110. The molecule has 4 rings (SSSR count). The quantitative estimate of drug-likeness (QED) is 0.317. The van der Waals surface area contributed by atoms with Crippen molar-refractivity contribution in [3.05, 3.63) is 59.2 Å². The van der Waals surface area contributed by atoms with Gasteiger partial charge >= 0.3 is 5.97 Å². The van der Waals surface area contributed by atoms with Crippen LogP contribution in [0.2, 0.25) is 0 Å². The predicted octanol–water partition coefficient (Wildman–Crippen LogP) is 3.19. The van der Waals surface area contributed by atoms with Crippen LogP contribution in [0.4, 0.5) is 10.1 Å². The Morgan fingerprint density at radius 2 is 1.76 bits per heavy atom. The Morgan fingerprint density at radius 3 is 2.38 bits per heavy atom. The number of nitrogens with zero attached hydrogens (tertiary/aromatic N) is 3. The van der Waals surface area contributed by atoms with Crippen molar-refractivity contribution in [1.82, 2.24) is 9.88 Å². The molecule has 10 heteroatoms. The number of hydrogen-bond donors (Lipinski definition) is 2. The number of ether oxygens (including phenoxy) is 2. The molecule has 2 saturated heterocycles. The van der Waals surface area contributed by atoms with Crippen molar-refractivity contribution in [3.63, 3.8) is 0 Å². The van der Waals surface area contributed by atoms with Gasteiger partial charge in [-0.2, -0.15) is 0 Å². The van der Waals surface area contributed by atoms with Crippen LogP contribution in [-0.2, 0) is 20.9 Å². The van der Waals surface area contributed by atoms with Crippen LogP contribution in [0.25, 0.3) is 0 Å². The molecule has 1 amide bonds. The summed E-state index contributed by atoms with van der Waals surface area (Å²) in [5.41, 5.74) is 7.47. The standard InChI is InChI=1S/C27H34FN5O4/c1-18-5-6-19(16-31-18)27(35)33-13-9-22(10-14-33)37-21-7-11-32(12-8-21)23-4-2-3-20(26(23)28)17-36-25(34)15-24(29)30/h2-6,16,21-22H,7-15,17H2,1H3,(H3,29,30). The number of aryl methyl sites for hydroxylation is 1. The number of benzene rings is 1. The molecule has 1 aromatic heterocycles. The lowest BCUT2D eigenvalue weighted by Gasteiger charge is -2.38. The van der Waals surface area contributed by atoms with Gasteiger partial charge in [-0.3, -0.25) is 20.0 Å². The molecule has 0 saturated carbocycles. The maximum atomic E-state index is 15.1. The van der Waals surface area contributed by atoms with E-state index in [1.165, 1.54) is 0 Å². The number of rotatable bonds is 8. The average Bonchev–Trinajstić information content (AvgIpc) is 2.89. The SMILES string of the molecule is Cc1ccc(C(=O)N2CCC(OC3CCN(c4cccc(COC(=O)CC(=N)N)c4F)CC3)CC2)cn1. The van der Waals surface area contributed by atoms with E-state index in [0.29, 0.717) is 37.4 Å². The lowest BCUT2D eigenvalue weighted by Crippen LogP contribution is -2.44. The number of pyridine rings is 1. The molecule has 2 aliphatic heterocycles. The summed E-state index contributed by atoms with van der Waals surface area (Å²) in [6.07, 6.45) is 4.69. The molecule has 2 fully saturated rings. The maximum absolute atomic E-state index is 15.1. The summed E-state index contributed by atoms with van der Waals surface area (Å²) in [6.45, 7) is 4.33. The smallest absolute Gasteiger partial charge is 0.313 e. The second-order valence-electron chi connectivity index (χ2n) is 9.62. The predicted molar refractivity (Wildman–Crippen MR) is 137 cm³/mol. The lowest BCUT2D eigenvalue weighted by molar-refractivity contribution is -0.143. The first kappa shape index (κ1) is 26.5. The zero-order chi connectivity index (χ0) is 26.4. The van der Waals surface area contributed by atoms with E-state index in [9.17, 15) is 9.59 Å². The van der Waals surface area contributed by atoms with E-state index >= 15 is 4.39 Å². The summed E-state index contributed by atoms with van der Waals surface area (Å²) in [4.78, 5) is 32.4. The molecule has 2 aliphatic rings. The van der Waals surface area contributed by atoms with Crippen molar-refractivity contribution < 1.29 is 23.5 Å². The van der Waals surface area contributed by atoms with Crippen molar-refractivity contribution >= 4 is 23.4 Å². The number of aromatic nitrogens is 1. The van der Waals surface area contributed by atoms with E-state index in [0.717, 1.165) is 31.4 Å². The van der Waals surface area contributed by atoms with E-state index < -0.39 is 11.8 Å². The number of esters is 1. The van der Waals surface area contributed by atoms with E-state index in [1.54, 1.807) is 24.4 Å². The molecule has 2 aromatic rings. The third-order valence-electron chi connectivity index (χ3n) is 6.84. The van der Waals surface area contributed by atoms with Crippen LogP contribution in [0.15, 0.2) is 36.5 Å². The summed E-state index contributed by atoms with van der Waals surface area (Å²) >= 11 is 0. The van der Waals surface area contributed by atoms with Gasteiger partial charge in [0.25, 0.3) is 5.91 Å². The molecule has 0 aliphatic carbocycles. The highest BCUT2D eigenvalue weighted by molar-refractivity contribution is 5.95. The summed E-state index contributed by atoms with van der Waals surface area (Å²) in [7, 11) is 0. The second kappa shape index (κ2) is 12.1. The highest BCUT2D eigenvalue weighted by Gasteiger charge is 2.29. The molecule has 0 radical (unpaired) electrons. The molecule has 9 nitrogen and oxygen atoms in total. The fourth-order valence-electron chi connectivity index (χ4n) is 4.76. The van der Waals surface area contributed by atoms with Gasteiger partial charge in [-0.25, -0.2) is 4.39 Å². The molecule has 198 valence electrons. The van der Waals surface area contributed by atoms with Gasteiger partial charge in [0.05, 0.1) is 23.5 Å². The summed E-state index contributed by atoms with van der Waals surface area (Å²) in [5.74, 6) is -1.34. The van der Waals surface area contributed by atoms with Gasteiger partial charge < -0.3 is 25.0 Å². The number of amidine groups is 1. The van der Waals surface area contributed by atoms with E-state index in [1.807, 2.05) is 28.9 Å². The summed E-state index contributed by atoms with van der Waals surface area (Å²) in [5, 5.41) is 7.15. The van der Waals surface area contributed by atoms with Crippen LogP contribution in [0.1, 0.15) is 53.7 Å². The number of nitrogens with two attached hydrogens (primary N) is 1. The van der Waals surface area contributed by atoms with Crippen LogP contribution in [0.5, 0.6) is 0 Å². The van der Waals surface area contributed by atoms with Gasteiger partial charge in [0.15, 0.2) is 5.82 Å². The normalized spacial score (nSPS) is 17.0. The van der Waals surface area contributed by atoms with Crippen LogP contribution in [-0.4, -0.2) is 66.0 Å². The number of likely N-dealkylation sites (tertiary alicyclic amines) is 1. The highest BCUT2D eigenvalue weighted by Crippen LogP contribution is 2.28. The van der Waals surface area contributed by atoms with Crippen LogP contribution in [0, 0.1) is 18.2 Å². The Balaban J connectivity index is 1.23. The highest BCUT2D eigenvalue weighted by atomic mass is 19.1. The molecule has 3 heterocycles. The molecule has 0 bridgehead atoms. The number of hydrogen-bond acceptors (Lipinski definition) is 7. The molecular weight excluding hydrogens is 477 g/mol. The third-order valence-corrected chi connectivity index (χ3v) is 6.84. The molecule has 1 aromatic carbocycles. The fraction of sp³-hybridized carbons (Fsp3) is 0.481. The van der Waals surface area contributed by atoms with Crippen molar-refractivity contribution in [2.45, 2.75) is 57.8 Å². The number of nitrogens with one attached hydrogen (secondary N) is 1. The van der Waals surface area contributed by atoms with Crippen molar-refractivity contribution in [2.24, 2.45) is 5.73 Å². The first-order valence-corrected chi connectivity index (χ1v) is 12.7. The topological polar surface area (TPSA) is 122 Å². The van der Waals surface area contributed by atoms with Gasteiger partial charge in [0.1, 0.15) is 18.9 Å². The van der Waals surface area contributed by atoms with Gasteiger partial charge in [0, 0.05) is 43.6 Å². The minimum atomic E-state index is -0.655. The average molecular weight is 512 g/mol. The second-order valence-corrected chi connectivity index (χ2v) is 9.62.